The summed E-state index contributed by atoms with van der Waals surface area (Å²) < 4.78 is 0. The maximum Gasteiger partial charge on any atom is 0.317 e. The number of carbonyl (C=O) groups is 1. The van der Waals surface area contributed by atoms with Crippen molar-refractivity contribution in [1.82, 2.24) is 10.2 Å². The van der Waals surface area contributed by atoms with Gasteiger partial charge >= 0.3 is 6.03 Å². The van der Waals surface area contributed by atoms with E-state index in [1.54, 1.807) is 11.9 Å². The Morgan fingerprint density at radius 2 is 2.21 bits per heavy atom. The first-order chi connectivity index (χ1) is 6.49. The third-order valence-electron chi connectivity index (χ3n) is 1.95. The molecular weight excluding hydrogens is 180 g/mol. The number of amidine groups is 1. The van der Waals surface area contributed by atoms with Crippen LogP contribution in [0.1, 0.15) is 20.3 Å². The number of nitrogens with zero attached hydrogens (tertiary/aromatic N) is 1. The van der Waals surface area contributed by atoms with Crippen LogP contribution in [0.25, 0.3) is 0 Å². The lowest BCUT2D eigenvalue weighted by molar-refractivity contribution is 0.206. The van der Waals surface area contributed by atoms with E-state index in [2.05, 4.69) is 5.32 Å². The van der Waals surface area contributed by atoms with Gasteiger partial charge in [0.1, 0.15) is 0 Å². The molecule has 0 aliphatic heterocycles. The number of urea groups is 1. The lowest BCUT2D eigenvalue weighted by Crippen LogP contribution is -2.41. The lowest BCUT2D eigenvalue weighted by atomic mass is 10.1. The van der Waals surface area contributed by atoms with Crippen molar-refractivity contribution in [2.24, 2.45) is 11.7 Å². The minimum atomic E-state index is -0.111. The van der Waals surface area contributed by atoms with E-state index < -0.39 is 0 Å². The van der Waals surface area contributed by atoms with Crippen molar-refractivity contribution in [1.29, 1.82) is 5.41 Å². The van der Waals surface area contributed by atoms with Crippen molar-refractivity contribution in [3.63, 3.8) is 0 Å². The number of rotatable bonds is 5. The molecule has 0 aliphatic carbocycles. The van der Waals surface area contributed by atoms with Crippen molar-refractivity contribution >= 4 is 11.9 Å². The topological polar surface area (TPSA) is 82.2 Å². The van der Waals surface area contributed by atoms with Crippen molar-refractivity contribution in [3.05, 3.63) is 0 Å². The summed E-state index contributed by atoms with van der Waals surface area (Å²) in [7, 11) is 1.70. The van der Waals surface area contributed by atoms with Crippen LogP contribution in [0, 0.1) is 11.3 Å². The Morgan fingerprint density at radius 1 is 1.64 bits per heavy atom. The van der Waals surface area contributed by atoms with Crippen molar-refractivity contribution in [2.45, 2.75) is 20.3 Å². The molecular formula is C9H20N4O. The molecule has 0 aromatic heterocycles. The molecule has 0 aliphatic rings. The fourth-order valence-electron chi connectivity index (χ4n) is 0.959. The fraction of sp³-hybridized carbons (Fsp3) is 0.778. The van der Waals surface area contributed by atoms with Gasteiger partial charge in [-0.25, -0.2) is 4.79 Å². The molecule has 0 aromatic carbocycles. The molecule has 5 heteroatoms. The van der Waals surface area contributed by atoms with Crippen LogP contribution in [0.15, 0.2) is 0 Å². The minimum Gasteiger partial charge on any atom is -0.387 e. The second kappa shape index (κ2) is 6.23. The van der Waals surface area contributed by atoms with Gasteiger partial charge in [-0.2, -0.15) is 0 Å². The quantitative estimate of drug-likeness (QED) is 0.449. The third kappa shape index (κ3) is 4.69. The van der Waals surface area contributed by atoms with Gasteiger partial charge in [-0.3, -0.25) is 5.41 Å². The molecule has 0 radical (unpaired) electrons. The second-order valence-corrected chi connectivity index (χ2v) is 3.47. The molecule has 0 saturated heterocycles. The van der Waals surface area contributed by atoms with E-state index in [9.17, 15) is 4.79 Å². The molecule has 0 saturated carbocycles. The normalized spacial score (nSPS) is 11.9. The smallest absolute Gasteiger partial charge is 0.317 e. The van der Waals surface area contributed by atoms with Crippen LogP contribution >= 0.6 is 0 Å². The zero-order chi connectivity index (χ0) is 11.1. The molecule has 82 valence electrons. The van der Waals surface area contributed by atoms with Crippen molar-refractivity contribution < 1.29 is 4.79 Å². The highest BCUT2D eigenvalue weighted by atomic mass is 16.2. The van der Waals surface area contributed by atoms with Gasteiger partial charge in [-0.1, -0.05) is 13.8 Å². The number of hydrogen-bond acceptors (Lipinski definition) is 2. The van der Waals surface area contributed by atoms with Crippen LogP contribution in [-0.2, 0) is 0 Å². The van der Waals surface area contributed by atoms with Crippen LogP contribution in [0.4, 0.5) is 4.79 Å². The van der Waals surface area contributed by atoms with Crippen molar-refractivity contribution in [2.75, 3.05) is 20.1 Å². The van der Waals surface area contributed by atoms with Gasteiger partial charge in [-0.15, -0.1) is 0 Å². The van der Waals surface area contributed by atoms with E-state index in [0.717, 1.165) is 6.42 Å². The van der Waals surface area contributed by atoms with Crippen LogP contribution in [0.3, 0.4) is 0 Å². The van der Waals surface area contributed by atoms with E-state index in [1.165, 1.54) is 0 Å². The summed E-state index contributed by atoms with van der Waals surface area (Å²) in [6.07, 6.45) is 0.918. The predicted molar refractivity (Wildman–Crippen MR) is 57.4 cm³/mol. The molecule has 0 heterocycles. The highest BCUT2D eigenvalue weighted by Crippen LogP contribution is 1.97. The lowest BCUT2D eigenvalue weighted by Gasteiger charge is -2.21. The van der Waals surface area contributed by atoms with Crippen LogP contribution < -0.4 is 11.1 Å². The largest absolute Gasteiger partial charge is 0.387 e. The Balaban J connectivity index is 3.88. The molecule has 0 aromatic rings. The summed E-state index contributed by atoms with van der Waals surface area (Å²) >= 11 is 0. The van der Waals surface area contributed by atoms with Gasteiger partial charge in [0, 0.05) is 26.1 Å². The second-order valence-electron chi connectivity index (χ2n) is 3.47. The van der Waals surface area contributed by atoms with Crippen molar-refractivity contribution in [3.8, 4) is 0 Å². The summed E-state index contributed by atoms with van der Waals surface area (Å²) in [6.45, 7) is 4.98. The Bertz CT molecular complexity index is 205. The molecule has 1 unspecified atom stereocenters. The molecule has 1 atom stereocenters. The molecule has 2 amide bonds. The van der Waals surface area contributed by atoms with E-state index >= 15 is 0 Å². The first-order valence-electron chi connectivity index (χ1n) is 4.81. The minimum absolute atomic E-state index is 0.0904. The summed E-state index contributed by atoms with van der Waals surface area (Å²) in [5.41, 5.74) is 5.31. The van der Waals surface area contributed by atoms with E-state index in [1.807, 2.05) is 13.8 Å². The predicted octanol–water partition coefficient (Wildman–Crippen LogP) is 0.610. The molecule has 0 spiro atoms. The Kier molecular flexibility index (Phi) is 5.67. The average molecular weight is 200 g/mol. The van der Waals surface area contributed by atoms with E-state index in [-0.39, 0.29) is 17.8 Å². The Hall–Kier alpha value is -1.26. The maximum atomic E-state index is 11.4. The van der Waals surface area contributed by atoms with E-state index in [0.29, 0.717) is 13.1 Å². The maximum absolute atomic E-state index is 11.4. The Morgan fingerprint density at radius 3 is 2.64 bits per heavy atom. The highest BCUT2D eigenvalue weighted by Gasteiger charge is 2.12. The van der Waals surface area contributed by atoms with Gasteiger partial charge in [0.2, 0.25) is 0 Å². The van der Waals surface area contributed by atoms with Crippen LogP contribution in [-0.4, -0.2) is 36.9 Å². The van der Waals surface area contributed by atoms with Gasteiger partial charge in [0.05, 0.1) is 5.84 Å². The molecule has 0 fully saturated rings. The summed E-state index contributed by atoms with van der Waals surface area (Å²) in [5, 5.41) is 9.94. The monoisotopic (exact) mass is 200 g/mol. The zero-order valence-electron chi connectivity index (χ0n) is 9.13. The Labute approximate surface area is 85.2 Å². The SMILES string of the molecule is CCCNC(=O)N(C)CC(C)C(=N)N. The first kappa shape index (κ1) is 12.7. The number of carbonyl (C=O) groups excluding carboxylic acids is 1. The number of amides is 2. The van der Waals surface area contributed by atoms with E-state index in [4.69, 9.17) is 11.1 Å². The van der Waals surface area contributed by atoms with Gasteiger partial charge in [0.15, 0.2) is 0 Å². The van der Waals surface area contributed by atoms with Gasteiger partial charge in [-0.05, 0) is 6.42 Å². The summed E-state index contributed by atoms with van der Waals surface area (Å²) in [5.74, 6) is 0.0209. The highest BCUT2D eigenvalue weighted by molar-refractivity contribution is 5.80. The molecule has 4 N–H and O–H groups in total. The number of hydrogen-bond donors (Lipinski definition) is 3. The van der Waals surface area contributed by atoms with Crippen LogP contribution in [0.5, 0.6) is 0 Å². The standard InChI is InChI=1S/C9H20N4O/c1-4-5-12-9(14)13(3)6-7(2)8(10)11/h7H,4-6H2,1-3H3,(H3,10,11)(H,12,14). The molecule has 5 nitrogen and oxygen atoms in total. The van der Waals surface area contributed by atoms with Crippen LogP contribution in [0.2, 0.25) is 0 Å². The van der Waals surface area contributed by atoms with Gasteiger partial charge < -0.3 is 16.0 Å². The fourth-order valence-corrected chi connectivity index (χ4v) is 0.959. The number of nitrogens with two attached hydrogens (primary N) is 1. The number of nitrogens with one attached hydrogen (secondary N) is 2. The molecule has 0 bridgehead atoms. The summed E-state index contributed by atoms with van der Waals surface area (Å²) in [4.78, 5) is 12.9. The first-order valence-corrected chi connectivity index (χ1v) is 4.81. The molecule has 14 heavy (non-hydrogen) atoms. The molecule has 0 rings (SSSR count). The summed E-state index contributed by atoms with van der Waals surface area (Å²) in [6, 6.07) is -0.111. The van der Waals surface area contributed by atoms with Gasteiger partial charge in [0.25, 0.3) is 0 Å². The average Bonchev–Trinajstić information content (AvgIpc) is 2.13. The third-order valence-corrected chi connectivity index (χ3v) is 1.95. The zero-order valence-corrected chi connectivity index (χ0v) is 9.13.